The van der Waals surface area contributed by atoms with Crippen molar-refractivity contribution in [1.82, 2.24) is 0 Å². The zero-order valence-electron chi connectivity index (χ0n) is 7.89. The minimum atomic E-state index is -0.711. The Labute approximate surface area is 69.6 Å². The van der Waals surface area contributed by atoms with Crippen LogP contribution in [0.2, 0.25) is 0 Å². The number of carboxylic acids is 1. The van der Waals surface area contributed by atoms with Gasteiger partial charge >= 0.3 is 5.97 Å². The highest BCUT2D eigenvalue weighted by molar-refractivity contribution is 5.66. The third kappa shape index (κ3) is 26.4. The lowest BCUT2D eigenvalue weighted by Gasteiger charge is -1.79. The highest BCUT2D eigenvalue weighted by atomic mass is 16.4. The summed E-state index contributed by atoms with van der Waals surface area (Å²) in [6.45, 7) is 6.26. The van der Waals surface area contributed by atoms with Crippen LogP contribution in [0, 0.1) is 0 Å². The van der Waals surface area contributed by atoms with Gasteiger partial charge in [0.05, 0.1) is 0 Å². The van der Waals surface area contributed by atoms with Gasteiger partial charge in [0.1, 0.15) is 0 Å². The topological polar surface area (TPSA) is 37.3 Å². The van der Waals surface area contributed by atoms with E-state index in [4.69, 9.17) is 5.11 Å². The summed E-state index contributed by atoms with van der Waals surface area (Å²) in [6.07, 6.45) is 5.10. The molecule has 0 aliphatic carbocycles. The molecule has 0 aliphatic heterocycles. The molecule has 0 aromatic carbocycles. The van der Waals surface area contributed by atoms with Gasteiger partial charge in [-0.1, -0.05) is 40.0 Å². The monoisotopic (exact) mass is 160 g/mol. The van der Waals surface area contributed by atoms with Gasteiger partial charge in [0.2, 0.25) is 0 Å². The van der Waals surface area contributed by atoms with Gasteiger partial charge in [-0.2, -0.15) is 0 Å². The molecular weight excluding hydrogens is 140 g/mol. The normalized spacial score (nSPS) is 8.27. The van der Waals surface area contributed by atoms with Gasteiger partial charge in [-0.15, -0.1) is 0 Å². The van der Waals surface area contributed by atoms with Crippen LogP contribution >= 0.6 is 0 Å². The van der Waals surface area contributed by atoms with Crippen LogP contribution < -0.4 is 0 Å². The molecule has 0 spiro atoms. The number of hydrogen-bond acceptors (Lipinski definition) is 1. The zero-order valence-corrected chi connectivity index (χ0v) is 7.89. The first-order valence-electron chi connectivity index (χ1n) is 4.40. The molecule has 0 rings (SSSR count). The third-order valence-electron chi connectivity index (χ3n) is 1.17. The molecule has 0 amide bonds. The molecule has 11 heavy (non-hydrogen) atoms. The van der Waals surface area contributed by atoms with E-state index < -0.39 is 5.97 Å². The summed E-state index contributed by atoms with van der Waals surface area (Å²) in [5, 5.41) is 7.91. The second kappa shape index (κ2) is 12.2. The largest absolute Gasteiger partial charge is 0.481 e. The van der Waals surface area contributed by atoms with Gasteiger partial charge in [0.15, 0.2) is 0 Å². The SMILES string of the molecule is CCCC(=O)O.CCCCC. The van der Waals surface area contributed by atoms with Gasteiger partial charge in [0.25, 0.3) is 0 Å². The van der Waals surface area contributed by atoms with E-state index in [0.29, 0.717) is 6.42 Å². The zero-order chi connectivity index (χ0) is 9.11. The predicted octanol–water partition coefficient (Wildman–Crippen LogP) is 3.07. The molecule has 0 saturated heterocycles. The number of hydrogen-bond donors (Lipinski definition) is 1. The van der Waals surface area contributed by atoms with Crippen molar-refractivity contribution in [3.8, 4) is 0 Å². The second-order valence-corrected chi connectivity index (χ2v) is 2.50. The molecular formula is C9H20O2. The molecule has 2 heteroatoms. The Balaban J connectivity index is 0. The van der Waals surface area contributed by atoms with E-state index in [1.54, 1.807) is 0 Å². The van der Waals surface area contributed by atoms with Crippen LogP contribution in [0.5, 0.6) is 0 Å². The van der Waals surface area contributed by atoms with E-state index in [2.05, 4.69) is 13.8 Å². The van der Waals surface area contributed by atoms with Gasteiger partial charge in [0, 0.05) is 6.42 Å². The van der Waals surface area contributed by atoms with Crippen molar-refractivity contribution in [1.29, 1.82) is 0 Å². The lowest BCUT2D eigenvalue weighted by Crippen LogP contribution is -1.90. The van der Waals surface area contributed by atoms with Gasteiger partial charge in [-0.05, 0) is 6.42 Å². The number of rotatable bonds is 4. The fraction of sp³-hybridized carbons (Fsp3) is 0.889. The minimum Gasteiger partial charge on any atom is -0.481 e. The third-order valence-corrected chi connectivity index (χ3v) is 1.17. The fourth-order valence-corrected chi connectivity index (χ4v) is 0.567. The van der Waals surface area contributed by atoms with E-state index in [1.165, 1.54) is 19.3 Å². The van der Waals surface area contributed by atoms with Crippen molar-refractivity contribution in [2.75, 3.05) is 0 Å². The molecule has 0 saturated carbocycles. The van der Waals surface area contributed by atoms with Gasteiger partial charge in [-0.25, -0.2) is 0 Å². The Morgan fingerprint density at radius 1 is 1.09 bits per heavy atom. The molecule has 0 aliphatic rings. The van der Waals surface area contributed by atoms with Gasteiger partial charge in [-0.3, -0.25) is 4.79 Å². The number of carboxylic acid groups (broad SMARTS) is 1. The molecule has 1 N–H and O–H groups in total. The Morgan fingerprint density at radius 3 is 1.55 bits per heavy atom. The van der Waals surface area contributed by atoms with Crippen molar-refractivity contribution >= 4 is 5.97 Å². The van der Waals surface area contributed by atoms with E-state index in [-0.39, 0.29) is 0 Å². The summed E-state index contributed by atoms with van der Waals surface area (Å²) in [5.41, 5.74) is 0. The Hall–Kier alpha value is -0.530. The van der Waals surface area contributed by atoms with Crippen molar-refractivity contribution in [2.45, 2.75) is 52.9 Å². The summed E-state index contributed by atoms with van der Waals surface area (Å²) < 4.78 is 0. The highest BCUT2D eigenvalue weighted by Crippen LogP contribution is 1.88. The lowest BCUT2D eigenvalue weighted by molar-refractivity contribution is -0.137. The molecule has 0 unspecified atom stereocenters. The number of carbonyl (C=O) groups is 1. The molecule has 68 valence electrons. The van der Waals surface area contributed by atoms with Crippen LogP contribution in [0.1, 0.15) is 52.9 Å². The molecule has 0 atom stereocenters. The van der Waals surface area contributed by atoms with Crippen molar-refractivity contribution in [2.24, 2.45) is 0 Å². The van der Waals surface area contributed by atoms with E-state index in [0.717, 1.165) is 6.42 Å². The van der Waals surface area contributed by atoms with Crippen LogP contribution in [0.15, 0.2) is 0 Å². The average molecular weight is 160 g/mol. The maximum atomic E-state index is 9.60. The standard InChI is InChI=1S/C5H12.C4H8O2/c1-3-5-4-2;1-2-3-4(5)6/h3-5H2,1-2H3;2-3H2,1H3,(H,5,6). The Morgan fingerprint density at radius 2 is 1.55 bits per heavy atom. The van der Waals surface area contributed by atoms with Crippen LogP contribution in [-0.4, -0.2) is 11.1 Å². The molecule has 0 bridgehead atoms. The second-order valence-electron chi connectivity index (χ2n) is 2.50. The lowest BCUT2D eigenvalue weighted by atomic mass is 10.3. The van der Waals surface area contributed by atoms with Crippen LogP contribution in [0.4, 0.5) is 0 Å². The number of aliphatic carboxylic acids is 1. The fourth-order valence-electron chi connectivity index (χ4n) is 0.567. The van der Waals surface area contributed by atoms with E-state index in [9.17, 15) is 4.79 Å². The van der Waals surface area contributed by atoms with Gasteiger partial charge < -0.3 is 5.11 Å². The average Bonchev–Trinajstić information content (AvgIpc) is 1.90. The highest BCUT2D eigenvalue weighted by Gasteiger charge is 1.87. The van der Waals surface area contributed by atoms with Crippen molar-refractivity contribution in [3.05, 3.63) is 0 Å². The van der Waals surface area contributed by atoms with Crippen LogP contribution in [0.3, 0.4) is 0 Å². The molecule has 0 aromatic heterocycles. The maximum absolute atomic E-state index is 9.60. The van der Waals surface area contributed by atoms with Crippen LogP contribution in [0.25, 0.3) is 0 Å². The van der Waals surface area contributed by atoms with Crippen molar-refractivity contribution in [3.63, 3.8) is 0 Å². The maximum Gasteiger partial charge on any atom is 0.303 e. The quantitative estimate of drug-likeness (QED) is 0.686. The van der Waals surface area contributed by atoms with E-state index >= 15 is 0 Å². The Kier molecular flexibility index (Phi) is 14.5. The first kappa shape index (κ1) is 13.1. The van der Waals surface area contributed by atoms with Crippen LogP contribution in [-0.2, 0) is 4.79 Å². The first-order valence-corrected chi connectivity index (χ1v) is 4.40. The smallest absolute Gasteiger partial charge is 0.303 e. The summed E-state index contributed by atoms with van der Waals surface area (Å²) in [7, 11) is 0. The summed E-state index contributed by atoms with van der Waals surface area (Å²) >= 11 is 0. The Bertz CT molecular complexity index is 77.6. The summed E-state index contributed by atoms with van der Waals surface area (Å²) in [6, 6.07) is 0. The van der Waals surface area contributed by atoms with E-state index in [1.807, 2.05) is 6.92 Å². The van der Waals surface area contributed by atoms with Crippen molar-refractivity contribution < 1.29 is 9.90 Å². The molecule has 0 fully saturated rings. The number of unbranched alkanes of at least 4 members (excludes halogenated alkanes) is 2. The molecule has 0 aromatic rings. The molecule has 0 radical (unpaired) electrons. The summed E-state index contributed by atoms with van der Waals surface area (Å²) in [4.78, 5) is 9.60. The summed E-state index contributed by atoms with van der Waals surface area (Å²) in [5.74, 6) is -0.711. The minimum absolute atomic E-state index is 0.292. The first-order chi connectivity index (χ1) is 5.18. The molecule has 2 nitrogen and oxygen atoms in total. The predicted molar refractivity (Wildman–Crippen MR) is 47.7 cm³/mol. The molecule has 0 heterocycles.